The Hall–Kier alpha value is -3.24. The highest BCUT2D eigenvalue weighted by Crippen LogP contribution is 2.43. The van der Waals surface area contributed by atoms with Crippen molar-refractivity contribution in [1.82, 2.24) is 14.5 Å². The van der Waals surface area contributed by atoms with Crippen molar-refractivity contribution in [2.75, 3.05) is 24.5 Å². The summed E-state index contributed by atoms with van der Waals surface area (Å²) in [6, 6.07) is 13.3. The third-order valence-corrected chi connectivity index (χ3v) is 8.87. The van der Waals surface area contributed by atoms with E-state index in [2.05, 4.69) is 5.32 Å². The number of rotatable bonds is 8. The van der Waals surface area contributed by atoms with E-state index in [1.807, 2.05) is 6.92 Å². The Morgan fingerprint density at radius 1 is 1.06 bits per heavy atom. The van der Waals surface area contributed by atoms with Gasteiger partial charge in [-0.2, -0.15) is 4.31 Å². The summed E-state index contributed by atoms with van der Waals surface area (Å²) in [4.78, 5) is 42.0. The first-order valence-corrected chi connectivity index (χ1v) is 13.2. The van der Waals surface area contributed by atoms with Gasteiger partial charge in [0, 0.05) is 26.1 Å². The molecular weight excluding hydrogens is 468 g/mol. The molecule has 2 aromatic rings. The summed E-state index contributed by atoms with van der Waals surface area (Å²) in [5.41, 5.74) is 0.813. The van der Waals surface area contributed by atoms with Gasteiger partial charge in [-0.05, 0) is 43.2 Å². The van der Waals surface area contributed by atoms with Crippen LogP contribution in [0.3, 0.4) is 0 Å². The number of fused-ring (bicyclic) bond motifs is 3. The van der Waals surface area contributed by atoms with Gasteiger partial charge in [0.2, 0.25) is 21.8 Å². The summed E-state index contributed by atoms with van der Waals surface area (Å²) >= 11 is 0. The van der Waals surface area contributed by atoms with Crippen molar-refractivity contribution in [3.63, 3.8) is 0 Å². The van der Waals surface area contributed by atoms with E-state index in [1.165, 1.54) is 21.3 Å². The van der Waals surface area contributed by atoms with E-state index in [1.54, 1.807) is 55.1 Å². The molecule has 0 aromatic heterocycles. The molecule has 1 unspecified atom stereocenters. The largest absolute Gasteiger partial charge is 0.350 e. The predicted molar refractivity (Wildman–Crippen MR) is 131 cm³/mol. The van der Waals surface area contributed by atoms with Crippen LogP contribution in [0.25, 0.3) is 0 Å². The van der Waals surface area contributed by atoms with Crippen molar-refractivity contribution in [3.05, 3.63) is 59.7 Å². The second kappa shape index (κ2) is 9.43. The van der Waals surface area contributed by atoms with E-state index in [-0.39, 0.29) is 35.7 Å². The van der Waals surface area contributed by atoms with Crippen LogP contribution in [0.2, 0.25) is 0 Å². The summed E-state index contributed by atoms with van der Waals surface area (Å²) in [7, 11) is -3.55. The first-order chi connectivity index (χ1) is 16.6. The summed E-state index contributed by atoms with van der Waals surface area (Å²) < 4.78 is 26.7. The molecule has 1 atom stereocenters. The number of benzene rings is 2. The summed E-state index contributed by atoms with van der Waals surface area (Å²) in [5, 5.41) is 2.81. The Balaban J connectivity index is 1.45. The third kappa shape index (κ3) is 4.32. The molecule has 2 heterocycles. The van der Waals surface area contributed by atoms with Gasteiger partial charge >= 0.3 is 0 Å². The maximum Gasteiger partial charge on any atom is 0.258 e. The lowest BCUT2D eigenvalue weighted by atomic mass is 9.98. The van der Waals surface area contributed by atoms with E-state index in [4.69, 9.17) is 0 Å². The van der Waals surface area contributed by atoms with Crippen molar-refractivity contribution in [2.24, 2.45) is 0 Å². The second-order valence-electron chi connectivity index (χ2n) is 8.86. The fraction of sp³-hybridized carbons (Fsp3) is 0.400. The zero-order chi connectivity index (χ0) is 25.4. The Bertz CT molecular complexity index is 1260. The third-order valence-electron chi connectivity index (χ3n) is 6.80. The van der Waals surface area contributed by atoms with Gasteiger partial charge in [0.25, 0.3) is 5.91 Å². The van der Waals surface area contributed by atoms with Crippen LogP contribution in [0.5, 0.6) is 0 Å². The first kappa shape index (κ1) is 24.9. The van der Waals surface area contributed by atoms with Crippen molar-refractivity contribution in [2.45, 2.75) is 50.7 Å². The molecule has 35 heavy (non-hydrogen) atoms. The van der Waals surface area contributed by atoms with Crippen LogP contribution >= 0.6 is 0 Å². The van der Waals surface area contributed by atoms with Crippen LogP contribution in [0.1, 0.15) is 49.5 Å². The Morgan fingerprint density at radius 3 is 2.37 bits per heavy atom. The molecule has 10 heteroatoms. The number of carbonyl (C=O) groups excluding carboxylic acids is 3. The van der Waals surface area contributed by atoms with E-state index < -0.39 is 15.7 Å². The van der Waals surface area contributed by atoms with Crippen molar-refractivity contribution >= 4 is 33.4 Å². The normalized spacial score (nSPS) is 19.7. The Morgan fingerprint density at radius 2 is 1.71 bits per heavy atom. The van der Waals surface area contributed by atoms with Crippen LogP contribution < -0.4 is 10.2 Å². The lowest BCUT2D eigenvalue weighted by Crippen LogP contribution is -2.63. The molecule has 0 bridgehead atoms. The Labute approximate surface area is 205 Å². The van der Waals surface area contributed by atoms with Gasteiger partial charge in [-0.15, -0.1) is 0 Å². The molecule has 4 rings (SSSR count). The van der Waals surface area contributed by atoms with Crippen LogP contribution in [-0.4, -0.2) is 60.6 Å². The minimum atomic E-state index is -3.55. The minimum Gasteiger partial charge on any atom is -0.350 e. The van der Waals surface area contributed by atoms with E-state index in [0.717, 1.165) is 5.56 Å². The van der Waals surface area contributed by atoms with E-state index >= 15 is 0 Å². The Kier molecular flexibility index (Phi) is 6.70. The number of amides is 3. The standard InChI is InChI=1S/C25H30N4O5S/c1-4-27(5-2)35(33,34)19-12-10-18(11-13-19)16-26-22(30)17-28-24(32)20-8-6-7-9-21(20)29-23(31)14-15-25(28,29)3/h6-13H,4-5,14-17H2,1-3H3,(H,26,30). The van der Waals surface area contributed by atoms with Gasteiger partial charge in [-0.25, -0.2) is 8.42 Å². The van der Waals surface area contributed by atoms with E-state index in [9.17, 15) is 22.8 Å². The van der Waals surface area contributed by atoms with Gasteiger partial charge in [0.1, 0.15) is 12.2 Å². The number of hydrogen-bond donors (Lipinski definition) is 1. The molecule has 1 saturated heterocycles. The number of hydrogen-bond acceptors (Lipinski definition) is 5. The van der Waals surface area contributed by atoms with Gasteiger partial charge in [0.15, 0.2) is 0 Å². The lowest BCUT2D eigenvalue weighted by molar-refractivity contribution is -0.124. The highest BCUT2D eigenvalue weighted by Gasteiger charge is 2.53. The monoisotopic (exact) mass is 498 g/mol. The number of nitrogens with zero attached hydrogens (tertiary/aromatic N) is 3. The SMILES string of the molecule is CCN(CC)S(=O)(=O)c1ccc(CNC(=O)CN2C(=O)c3ccccc3N3C(=O)CCC23C)cc1. The van der Waals surface area contributed by atoms with Crippen LogP contribution in [-0.2, 0) is 26.2 Å². The molecule has 0 spiro atoms. The molecule has 2 aromatic carbocycles. The molecule has 2 aliphatic rings. The molecule has 0 aliphatic carbocycles. The summed E-state index contributed by atoms with van der Waals surface area (Å²) in [5.74, 6) is -0.717. The zero-order valence-electron chi connectivity index (χ0n) is 20.2. The van der Waals surface area contributed by atoms with Crippen molar-refractivity contribution in [3.8, 4) is 0 Å². The molecule has 1 fully saturated rings. The average Bonchev–Trinajstić information content (AvgIpc) is 3.16. The molecular formula is C25H30N4O5S. The first-order valence-electron chi connectivity index (χ1n) is 11.7. The summed E-state index contributed by atoms with van der Waals surface area (Å²) in [6.45, 7) is 6.16. The molecule has 1 N–H and O–H groups in total. The quantitative estimate of drug-likeness (QED) is 0.601. The molecule has 186 valence electrons. The van der Waals surface area contributed by atoms with Crippen LogP contribution in [0, 0.1) is 0 Å². The van der Waals surface area contributed by atoms with Gasteiger partial charge < -0.3 is 10.2 Å². The fourth-order valence-corrected chi connectivity index (χ4v) is 6.29. The predicted octanol–water partition coefficient (Wildman–Crippen LogP) is 2.33. The molecule has 2 aliphatic heterocycles. The van der Waals surface area contributed by atoms with Gasteiger partial charge in [-0.3, -0.25) is 19.3 Å². The van der Waals surface area contributed by atoms with Crippen LogP contribution in [0.4, 0.5) is 5.69 Å². The number of nitrogens with one attached hydrogen (secondary N) is 1. The number of anilines is 1. The highest BCUT2D eigenvalue weighted by atomic mass is 32.2. The van der Waals surface area contributed by atoms with Gasteiger partial charge in [0.05, 0.1) is 16.1 Å². The maximum absolute atomic E-state index is 13.3. The molecule has 3 amide bonds. The molecule has 0 radical (unpaired) electrons. The minimum absolute atomic E-state index is 0.0717. The number of para-hydroxylation sites is 1. The van der Waals surface area contributed by atoms with E-state index in [0.29, 0.717) is 37.2 Å². The molecule has 9 nitrogen and oxygen atoms in total. The van der Waals surface area contributed by atoms with Crippen LogP contribution in [0.15, 0.2) is 53.4 Å². The van der Waals surface area contributed by atoms with Gasteiger partial charge in [-0.1, -0.05) is 38.1 Å². The average molecular weight is 499 g/mol. The summed E-state index contributed by atoms with van der Waals surface area (Å²) in [6.07, 6.45) is 0.751. The fourth-order valence-electron chi connectivity index (χ4n) is 4.83. The number of sulfonamides is 1. The maximum atomic E-state index is 13.3. The molecule has 0 saturated carbocycles. The second-order valence-corrected chi connectivity index (χ2v) is 10.8. The lowest BCUT2D eigenvalue weighted by Gasteiger charge is -2.48. The number of carbonyl (C=O) groups is 3. The van der Waals surface area contributed by atoms with Crippen molar-refractivity contribution < 1.29 is 22.8 Å². The smallest absolute Gasteiger partial charge is 0.258 e. The zero-order valence-corrected chi connectivity index (χ0v) is 21.0. The highest BCUT2D eigenvalue weighted by molar-refractivity contribution is 7.89. The topological polar surface area (TPSA) is 107 Å². The van der Waals surface area contributed by atoms with Crippen molar-refractivity contribution in [1.29, 1.82) is 0 Å².